The maximum Gasteiger partial charge on any atom is 0.312 e. The van der Waals surface area contributed by atoms with Crippen molar-refractivity contribution in [2.45, 2.75) is 33.3 Å². The monoisotopic (exact) mass is 262 g/mol. The molecule has 0 aromatic heterocycles. The molecule has 0 aliphatic heterocycles. The first kappa shape index (κ1) is 15.3. The Morgan fingerprint density at radius 3 is 2.37 bits per heavy atom. The molecule has 3 heteroatoms. The highest BCUT2D eigenvalue weighted by molar-refractivity contribution is 5.72. The normalized spacial score (nSPS) is 12.6. The van der Waals surface area contributed by atoms with Gasteiger partial charge in [0.15, 0.2) is 0 Å². The topological polar surface area (TPSA) is 35.5 Å². The van der Waals surface area contributed by atoms with Crippen molar-refractivity contribution in [3.8, 4) is 5.75 Å². The van der Waals surface area contributed by atoms with Crippen LogP contribution < -0.4 is 4.74 Å². The van der Waals surface area contributed by atoms with Gasteiger partial charge >= 0.3 is 5.97 Å². The summed E-state index contributed by atoms with van der Waals surface area (Å²) >= 11 is 0. The van der Waals surface area contributed by atoms with Gasteiger partial charge in [0.05, 0.1) is 5.92 Å². The van der Waals surface area contributed by atoms with Gasteiger partial charge in [0.25, 0.3) is 0 Å². The van der Waals surface area contributed by atoms with Gasteiger partial charge in [0.1, 0.15) is 18.0 Å². The largest absolute Gasteiger partial charge is 0.493 e. The number of hydrogen-bond donors (Lipinski definition) is 0. The summed E-state index contributed by atoms with van der Waals surface area (Å²) in [6.07, 6.45) is 1.77. The standard InChI is InChI=1S/C16H22O3/c1-6-13-7-9-14(10-8-13)18-11-12(2)15(17)19-16(3,4)5/h6-10,12H,1,11H2,2-5H3. The molecule has 1 aromatic carbocycles. The average Bonchev–Trinajstić information content (AvgIpc) is 2.34. The maximum atomic E-state index is 11.8. The van der Waals surface area contributed by atoms with Crippen LogP contribution in [-0.4, -0.2) is 18.2 Å². The number of ether oxygens (including phenoxy) is 2. The molecule has 0 fully saturated rings. The highest BCUT2D eigenvalue weighted by Gasteiger charge is 2.22. The van der Waals surface area contributed by atoms with E-state index >= 15 is 0 Å². The zero-order valence-corrected chi connectivity index (χ0v) is 12.1. The predicted molar refractivity (Wildman–Crippen MR) is 77.0 cm³/mol. The summed E-state index contributed by atoms with van der Waals surface area (Å²) in [6, 6.07) is 7.55. The van der Waals surface area contributed by atoms with Crippen LogP contribution in [0.5, 0.6) is 5.75 Å². The predicted octanol–water partition coefficient (Wildman–Crippen LogP) is 3.69. The van der Waals surface area contributed by atoms with Gasteiger partial charge in [-0.25, -0.2) is 0 Å². The molecule has 0 aliphatic carbocycles. The van der Waals surface area contributed by atoms with E-state index in [2.05, 4.69) is 6.58 Å². The molecule has 0 bridgehead atoms. The third-order valence-corrected chi connectivity index (χ3v) is 2.42. The molecule has 0 heterocycles. The van der Waals surface area contributed by atoms with E-state index in [0.717, 1.165) is 11.3 Å². The summed E-state index contributed by atoms with van der Waals surface area (Å²) in [6.45, 7) is 11.4. The third kappa shape index (κ3) is 5.60. The van der Waals surface area contributed by atoms with Gasteiger partial charge in [-0.2, -0.15) is 0 Å². The molecule has 104 valence electrons. The van der Waals surface area contributed by atoms with Crippen LogP contribution in [0.3, 0.4) is 0 Å². The lowest BCUT2D eigenvalue weighted by atomic mass is 10.1. The lowest BCUT2D eigenvalue weighted by Crippen LogP contribution is -2.30. The maximum absolute atomic E-state index is 11.8. The minimum Gasteiger partial charge on any atom is -0.493 e. The van der Waals surface area contributed by atoms with Gasteiger partial charge in [-0.05, 0) is 45.4 Å². The van der Waals surface area contributed by atoms with Crippen LogP contribution in [0.25, 0.3) is 6.08 Å². The first-order valence-corrected chi connectivity index (χ1v) is 6.40. The Labute approximate surface area is 115 Å². The van der Waals surface area contributed by atoms with E-state index in [1.165, 1.54) is 0 Å². The van der Waals surface area contributed by atoms with Crippen molar-refractivity contribution in [2.24, 2.45) is 5.92 Å². The Morgan fingerprint density at radius 2 is 1.89 bits per heavy atom. The molecule has 0 saturated carbocycles. The van der Waals surface area contributed by atoms with Crippen molar-refractivity contribution in [2.75, 3.05) is 6.61 Å². The first-order valence-electron chi connectivity index (χ1n) is 6.40. The van der Waals surface area contributed by atoms with Crippen LogP contribution in [0.2, 0.25) is 0 Å². The molecular weight excluding hydrogens is 240 g/mol. The van der Waals surface area contributed by atoms with E-state index in [1.54, 1.807) is 13.0 Å². The number of benzene rings is 1. The molecular formula is C16H22O3. The fourth-order valence-corrected chi connectivity index (χ4v) is 1.39. The molecule has 1 atom stereocenters. The van der Waals surface area contributed by atoms with Crippen molar-refractivity contribution in [3.05, 3.63) is 36.4 Å². The highest BCUT2D eigenvalue weighted by atomic mass is 16.6. The van der Waals surface area contributed by atoms with Crippen molar-refractivity contribution in [3.63, 3.8) is 0 Å². The number of carbonyl (C=O) groups is 1. The van der Waals surface area contributed by atoms with Gasteiger partial charge in [-0.3, -0.25) is 4.79 Å². The van der Waals surface area contributed by atoms with Crippen LogP contribution in [0.1, 0.15) is 33.3 Å². The molecule has 0 radical (unpaired) electrons. The SMILES string of the molecule is C=Cc1ccc(OCC(C)C(=O)OC(C)(C)C)cc1. The lowest BCUT2D eigenvalue weighted by Gasteiger charge is -2.22. The van der Waals surface area contributed by atoms with Gasteiger partial charge in [-0.1, -0.05) is 24.8 Å². The zero-order valence-electron chi connectivity index (χ0n) is 12.1. The number of carbonyl (C=O) groups excluding carboxylic acids is 1. The summed E-state index contributed by atoms with van der Waals surface area (Å²) in [5.41, 5.74) is 0.573. The Hall–Kier alpha value is -1.77. The number of rotatable bonds is 5. The molecule has 0 aliphatic rings. The fraction of sp³-hybridized carbons (Fsp3) is 0.438. The summed E-state index contributed by atoms with van der Waals surface area (Å²) in [4.78, 5) is 11.8. The Balaban J connectivity index is 2.46. The molecule has 19 heavy (non-hydrogen) atoms. The van der Waals surface area contributed by atoms with Crippen LogP contribution >= 0.6 is 0 Å². The fourth-order valence-electron chi connectivity index (χ4n) is 1.39. The molecule has 0 amide bonds. The molecule has 3 nitrogen and oxygen atoms in total. The minimum atomic E-state index is -0.461. The van der Waals surface area contributed by atoms with Crippen LogP contribution in [0.15, 0.2) is 30.8 Å². The van der Waals surface area contributed by atoms with Crippen molar-refractivity contribution in [1.82, 2.24) is 0 Å². The quantitative estimate of drug-likeness (QED) is 0.759. The van der Waals surface area contributed by atoms with Gasteiger partial charge in [0.2, 0.25) is 0 Å². The zero-order chi connectivity index (χ0) is 14.5. The summed E-state index contributed by atoms with van der Waals surface area (Å²) in [5, 5.41) is 0. The van der Waals surface area contributed by atoms with Crippen molar-refractivity contribution < 1.29 is 14.3 Å². The lowest BCUT2D eigenvalue weighted by molar-refractivity contribution is -0.160. The molecule has 0 N–H and O–H groups in total. The third-order valence-electron chi connectivity index (χ3n) is 2.42. The summed E-state index contributed by atoms with van der Waals surface area (Å²) in [5.74, 6) is 0.203. The summed E-state index contributed by atoms with van der Waals surface area (Å²) < 4.78 is 10.9. The average molecular weight is 262 g/mol. The number of esters is 1. The van der Waals surface area contributed by atoms with Gasteiger partial charge < -0.3 is 9.47 Å². The van der Waals surface area contributed by atoms with E-state index < -0.39 is 5.60 Å². The van der Waals surface area contributed by atoms with Crippen molar-refractivity contribution >= 4 is 12.0 Å². The molecule has 0 spiro atoms. The second-order valence-corrected chi connectivity index (χ2v) is 5.52. The Morgan fingerprint density at radius 1 is 1.32 bits per heavy atom. The highest BCUT2D eigenvalue weighted by Crippen LogP contribution is 2.15. The Bertz CT molecular complexity index is 426. The molecule has 0 saturated heterocycles. The second-order valence-electron chi connectivity index (χ2n) is 5.52. The van der Waals surface area contributed by atoms with Crippen LogP contribution in [0, 0.1) is 5.92 Å². The van der Waals surface area contributed by atoms with E-state index in [9.17, 15) is 4.79 Å². The number of hydrogen-bond acceptors (Lipinski definition) is 3. The minimum absolute atomic E-state index is 0.241. The second kappa shape index (κ2) is 6.41. The van der Waals surface area contributed by atoms with E-state index in [0.29, 0.717) is 6.61 Å². The van der Waals surface area contributed by atoms with Crippen molar-refractivity contribution in [1.29, 1.82) is 0 Å². The smallest absolute Gasteiger partial charge is 0.312 e. The molecule has 1 aromatic rings. The van der Waals surface area contributed by atoms with Crippen LogP contribution in [-0.2, 0) is 9.53 Å². The van der Waals surface area contributed by atoms with E-state index in [4.69, 9.17) is 9.47 Å². The first-order chi connectivity index (χ1) is 8.81. The van der Waals surface area contributed by atoms with Crippen LogP contribution in [0.4, 0.5) is 0 Å². The molecule has 1 rings (SSSR count). The van der Waals surface area contributed by atoms with Gasteiger partial charge in [-0.15, -0.1) is 0 Å². The van der Waals surface area contributed by atoms with E-state index in [-0.39, 0.29) is 11.9 Å². The summed E-state index contributed by atoms with van der Waals surface area (Å²) in [7, 11) is 0. The Kier molecular flexibility index (Phi) is 5.16. The van der Waals surface area contributed by atoms with E-state index in [1.807, 2.05) is 45.0 Å². The molecule has 1 unspecified atom stereocenters. The van der Waals surface area contributed by atoms with Gasteiger partial charge in [0, 0.05) is 0 Å².